The number of carbonyl (C=O) groups is 1. The lowest BCUT2D eigenvalue weighted by Crippen LogP contribution is -2.47. The van der Waals surface area contributed by atoms with Crippen LogP contribution in [0.3, 0.4) is 0 Å². The van der Waals surface area contributed by atoms with Gasteiger partial charge in [-0.1, -0.05) is 35.9 Å². The molecule has 1 aliphatic rings. The maximum Gasteiger partial charge on any atom is 0.274 e. The van der Waals surface area contributed by atoms with Crippen molar-refractivity contribution >= 4 is 40.5 Å². The smallest absolute Gasteiger partial charge is 0.274 e. The number of carbonyl (C=O) groups excluding carboxylic acids is 1. The van der Waals surface area contributed by atoms with Crippen molar-refractivity contribution in [1.82, 2.24) is 19.5 Å². The summed E-state index contributed by atoms with van der Waals surface area (Å²) >= 11 is 6.18. The molecule has 2 aromatic heterocycles. The number of nitrogens with one attached hydrogen (secondary N) is 1. The summed E-state index contributed by atoms with van der Waals surface area (Å²) in [6.07, 6.45) is 4.38. The van der Waals surface area contributed by atoms with E-state index < -0.39 is 0 Å². The summed E-state index contributed by atoms with van der Waals surface area (Å²) < 4.78 is 1.65. The zero-order valence-corrected chi connectivity index (χ0v) is 21.7. The second-order valence-electron chi connectivity index (χ2n) is 9.11. The van der Waals surface area contributed by atoms with Crippen LogP contribution in [0.5, 0.6) is 0 Å². The maximum atomic E-state index is 13.3. The summed E-state index contributed by atoms with van der Waals surface area (Å²) in [5, 5.41) is 8.06. The Bertz CT molecular complexity index is 1460. The number of hydrogen-bond donors (Lipinski definition) is 3. The molecule has 1 aliphatic heterocycles. The van der Waals surface area contributed by atoms with E-state index in [0.29, 0.717) is 22.9 Å². The number of para-hydroxylation sites is 2. The minimum absolute atomic E-state index is 0.135. The van der Waals surface area contributed by atoms with Crippen LogP contribution >= 0.6 is 11.6 Å². The lowest BCUT2D eigenvalue weighted by Gasteiger charge is -2.36. The number of fused-ring (bicyclic) bond motifs is 1. The van der Waals surface area contributed by atoms with Crippen LogP contribution in [0.1, 0.15) is 16.9 Å². The summed E-state index contributed by atoms with van der Waals surface area (Å²) in [5.41, 5.74) is 15.1. The van der Waals surface area contributed by atoms with Crippen molar-refractivity contribution in [3.05, 3.63) is 77.7 Å². The summed E-state index contributed by atoms with van der Waals surface area (Å²) in [6, 6.07) is 17.0. The van der Waals surface area contributed by atoms with Crippen molar-refractivity contribution in [3.8, 4) is 11.1 Å². The van der Waals surface area contributed by atoms with E-state index in [9.17, 15) is 4.79 Å². The molecule has 38 heavy (non-hydrogen) atoms. The van der Waals surface area contributed by atoms with E-state index in [1.165, 1.54) is 0 Å². The first-order valence-electron chi connectivity index (χ1n) is 12.5. The van der Waals surface area contributed by atoms with E-state index in [4.69, 9.17) is 23.1 Å². The fourth-order valence-corrected chi connectivity index (χ4v) is 4.80. The quantitative estimate of drug-likeness (QED) is 0.181. The van der Waals surface area contributed by atoms with Crippen molar-refractivity contribution in [2.24, 2.45) is 16.5 Å². The van der Waals surface area contributed by atoms with Gasteiger partial charge in [0.05, 0.1) is 17.6 Å². The van der Waals surface area contributed by atoms with E-state index in [1.807, 2.05) is 48.5 Å². The number of aromatic nitrogens is 3. The van der Waals surface area contributed by atoms with Gasteiger partial charge in [-0.2, -0.15) is 5.10 Å². The highest BCUT2D eigenvalue weighted by Crippen LogP contribution is 2.28. The number of amides is 1. The first-order valence-corrected chi connectivity index (χ1v) is 12.9. The van der Waals surface area contributed by atoms with E-state index in [1.54, 1.807) is 23.0 Å². The number of benzene rings is 2. The predicted molar refractivity (Wildman–Crippen MR) is 152 cm³/mol. The van der Waals surface area contributed by atoms with Crippen LogP contribution in [-0.4, -0.2) is 70.6 Å². The normalized spacial score (nSPS) is 14.0. The Hall–Kier alpha value is -4.15. The lowest BCUT2D eigenvalue weighted by molar-refractivity contribution is 0.102. The first kappa shape index (κ1) is 25.5. The molecule has 2 aromatic carbocycles. The van der Waals surface area contributed by atoms with Gasteiger partial charge >= 0.3 is 0 Å². The Morgan fingerprint density at radius 3 is 2.66 bits per heavy atom. The largest absolute Gasteiger partial charge is 0.370 e. The Morgan fingerprint density at radius 1 is 1.05 bits per heavy atom. The highest BCUT2D eigenvalue weighted by Gasteiger charge is 2.20. The number of anilines is 2. The molecule has 4 aromatic rings. The molecule has 196 valence electrons. The monoisotopic (exact) mass is 531 g/mol. The van der Waals surface area contributed by atoms with Crippen LogP contribution in [0.25, 0.3) is 16.8 Å². The van der Waals surface area contributed by atoms with E-state index in [-0.39, 0.29) is 11.9 Å². The molecule has 1 saturated heterocycles. The Labute approximate surface area is 225 Å². The van der Waals surface area contributed by atoms with Crippen molar-refractivity contribution in [2.45, 2.75) is 6.42 Å². The zero-order valence-electron chi connectivity index (χ0n) is 20.9. The van der Waals surface area contributed by atoms with Crippen LogP contribution in [0.15, 0.2) is 72.0 Å². The van der Waals surface area contributed by atoms with Crippen LogP contribution in [0, 0.1) is 0 Å². The van der Waals surface area contributed by atoms with Crippen molar-refractivity contribution in [2.75, 3.05) is 49.5 Å². The van der Waals surface area contributed by atoms with Crippen LogP contribution in [0.2, 0.25) is 5.02 Å². The number of nitrogens with two attached hydrogens (primary N) is 2. The topological polar surface area (TPSA) is 130 Å². The predicted octanol–water partition coefficient (Wildman–Crippen LogP) is 3.09. The summed E-state index contributed by atoms with van der Waals surface area (Å²) in [4.78, 5) is 26.7. The Morgan fingerprint density at radius 2 is 1.87 bits per heavy atom. The lowest BCUT2D eigenvalue weighted by atomic mass is 10.1. The molecule has 0 bridgehead atoms. The van der Waals surface area contributed by atoms with Gasteiger partial charge in [0.1, 0.15) is 5.69 Å². The summed E-state index contributed by atoms with van der Waals surface area (Å²) in [7, 11) is 0. The van der Waals surface area contributed by atoms with Crippen LogP contribution in [0.4, 0.5) is 11.4 Å². The van der Waals surface area contributed by atoms with Gasteiger partial charge in [-0.3, -0.25) is 14.7 Å². The summed E-state index contributed by atoms with van der Waals surface area (Å²) in [6.45, 7) is 5.15. The van der Waals surface area contributed by atoms with Gasteiger partial charge < -0.3 is 21.7 Å². The fraction of sp³-hybridized carbons (Fsp3) is 0.259. The van der Waals surface area contributed by atoms with Gasteiger partial charge in [0.15, 0.2) is 11.6 Å². The Kier molecular flexibility index (Phi) is 7.71. The number of rotatable bonds is 8. The zero-order chi connectivity index (χ0) is 26.5. The maximum absolute atomic E-state index is 13.3. The van der Waals surface area contributed by atoms with Gasteiger partial charge in [0, 0.05) is 56.1 Å². The summed E-state index contributed by atoms with van der Waals surface area (Å²) in [5.74, 6) is -0.146. The third-order valence-electron chi connectivity index (χ3n) is 6.53. The molecule has 5 rings (SSSR count). The van der Waals surface area contributed by atoms with Crippen LogP contribution in [-0.2, 0) is 0 Å². The standard InChI is InChI=1S/C27H30ClN9O/c28-20-6-3-5-19(17-20)21-18-32-37-12-9-23(33-25(21)37)26(38)34-22-7-1-2-8-24(22)36-15-13-35(14-16-36)11-4-10-31-27(29)30/h1-3,5-9,12,17-18H,4,10-11,13-16H2,(H,34,38)(H4,29,30,31). The van der Waals surface area contributed by atoms with Crippen molar-refractivity contribution in [3.63, 3.8) is 0 Å². The molecule has 1 fully saturated rings. The number of hydrogen-bond acceptors (Lipinski definition) is 6. The second-order valence-corrected chi connectivity index (χ2v) is 9.55. The average Bonchev–Trinajstić information content (AvgIpc) is 3.35. The van der Waals surface area contributed by atoms with Gasteiger partial charge in [0.2, 0.25) is 0 Å². The van der Waals surface area contributed by atoms with E-state index >= 15 is 0 Å². The average molecular weight is 532 g/mol. The molecule has 10 nitrogen and oxygen atoms in total. The molecule has 0 unspecified atom stereocenters. The van der Waals surface area contributed by atoms with Crippen molar-refractivity contribution < 1.29 is 4.79 Å². The molecular formula is C27H30ClN9O. The molecule has 0 atom stereocenters. The SMILES string of the molecule is NC(N)=NCCCN1CCN(c2ccccc2NC(=O)c2ccn3ncc(-c4cccc(Cl)c4)c3n2)CC1. The molecule has 11 heteroatoms. The Balaban J connectivity index is 1.28. The van der Waals surface area contributed by atoms with Crippen molar-refractivity contribution in [1.29, 1.82) is 0 Å². The molecule has 5 N–H and O–H groups in total. The minimum Gasteiger partial charge on any atom is -0.370 e. The second kappa shape index (κ2) is 11.5. The number of aliphatic imine (C=N–C) groups is 1. The van der Waals surface area contributed by atoms with Crippen LogP contribution < -0.4 is 21.7 Å². The molecule has 0 aliphatic carbocycles. The number of guanidine groups is 1. The molecule has 1 amide bonds. The van der Waals surface area contributed by atoms with Gasteiger partial charge in [-0.05, 0) is 42.3 Å². The minimum atomic E-state index is -0.281. The third-order valence-corrected chi connectivity index (χ3v) is 6.76. The number of halogens is 1. The molecule has 3 heterocycles. The van der Waals surface area contributed by atoms with Gasteiger partial charge in [-0.15, -0.1) is 0 Å². The van der Waals surface area contributed by atoms with Gasteiger partial charge in [-0.25, -0.2) is 9.50 Å². The first-order chi connectivity index (χ1) is 18.5. The highest BCUT2D eigenvalue weighted by atomic mass is 35.5. The number of nitrogens with zero attached hydrogens (tertiary/aromatic N) is 6. The van der Waals surface area contributed by atoms with Gasteiger partial charge in [0.25, 0.3) is 5.91 Å². The molecule has 0 saturated carbocycles. The molecule has 0 spiro atoms. The van der Waals surface area contributed by atoms with E-state index in [0.717, 1.165) is 61.6 Å². The third kappa shape index (κ3) is 5.87. The molecular weight excluding hydrogens is 502 g/mol. The highest BCUT2D eigenvalue weighted by molar-refractivity contribution is 6.30. The van der Waals surface area contributed by atoms with E-state index in [2.05, 4.69) is 30.2 Å². The number of piperazine rings is 1. The molecule has 0 radical (unpaired) electrons. The fourth-order valence-electron chi connectivity index (χ4n) is 4.61.